The van der Waals surface area contributed by atoms with Crippen molar-refractivity contribution >= 4 is 11.7 Å². The first-order valence-electron chi connectivity index (χ1n) is 6.10. The number of unbranched alkanes of at least 4 members (excludes halogenated alkanes) is 2. The van der Waals surface area contributed by atoms with Gasteiger partial charge >= 0.3 is 5.97 Å². The highest BCUT2D eigenvalue weighted by atomic mass is 16.4. The SMILES string of the molecule is Cc1ccccc1N(C)CCCCCC(=O)O. The lowest BCUT2D eigenvalue weighted by atomic mass is 10.1. The van der Waals surface area contributed by atoms with Crippen LogP contribution in [0.3, 0.4) is 0 Å². The van der Waals surface area contributed by atoms with E-state index in [1.165, 1.54) is 11.3 Å². The van der Waals surface area contributed by atoms with Gasteiger partial charge in [-0.15, -0.1) is 0 Å². The number of carboxylic acids is 1. The lowest BCUT2D eigenvalue weighted by molar-refractivity contribution is -0.137. The zero-order chi connectivity index (χ0) is 12.7. The zero-order valence-corrected chi connectivity index (χ0v) is 10.6. The molecule has 0 heterocycles. The molecule has 0 atom stereocenters. The van der Waals surface area contributed by atoms with Gasteiger partial charge in [0.25, 0.3) is 0 Å². The number of hydrogen-bond donors (Lipinski definition) is 1. The van der Waals surface area contributed by atoms with Gasteiger partial charge in [0.05, 0.1) is 0 Å². The molecule has 1 aromatic rings. The van der Waals surface area contributed by atoms with Crippen LogP contribution in [0, 0.1) is 6.92 Å². The highest BCUT2D eigenvalue weighted by molar-refractivity contribution is 5.66. The van der Waals surface area contributed by atoms with Crippen molar-refractivity contribution in [1.29, 1.82) is 0 Å². The van der Waals surface area contributed by atoms with Crippen molar-refractivity contribution in [2.75, 3.05) is 18.5 Å². The molecule has 17 heavy (non-hydrogen) atoms. The van der Waals surface area contributed by atoms with Crippen molar-refractivity contribution in [2.45, 2.75) is 32.6 Å². The van der Waals surface area contributed by atoms with Crippen LogP contribution < -0.4 is 4.90 Å². The summed E-state index contributed by atoms with van der Waals surface area (Å²) in [6, 6.07) is 8.31. The Balaban J connectivity index is 2.28. The van der Waals surface area contributed by atoms with E-state index >= 15 is 0 Å². The van der Waals surface area contributed by atoms with E-state index < -0.39 is 5.97 Å². The fourth-order valence-corrected chi connectivity index (χ4v) is 1.91. The van der Waals surface area contributed by atoms with Crippen LogP contribution in [0.5, 0.6) is 0 Å². The second kappa shape index (κ2) is 6.94. The van der Waals surface area contributed by atoms with Crippen molar-refractivity contribution in [2.24, 2.45) is 0 Å². The Kier molecular flexibility index (Phi) is 5.53. The number of benzene rings is 1. The normalized spacial score (nSPS) is 10.2. The maximum absolute atomic E-state index is 10.4. The summed E-state index contributed by atoms with van der Waals surface area (Å²) in [5.41, 5.74) is 2.53. The Bertz CT molecular complexity index is 363. The van der Waals surface area contributed by atoms with Crippen molar-refractivity contribution in [3.63, 3.8) is 0 Å². The first-order chi connectivity index (χ1) is 8.11. The van der Waals surface area contributed by atoms with Gasteiger partial charge in [-0.1, -0.05) is 24.6 Å². The molecule has 0 spiro atoms. The third kappa shape index (κ3) is 4.89. The lowest BCUT2D eigenvalue weighted by Gasteiger charge is -2.21. The van der Waals surface area contributed by atoms with Crippen LogP contribution in [-0.2, 0) is 4.79 Å². The number of para-hydroxylation sites is 1. The summed E-state index contributed by atoms with van der Waals surface area (Å²) in [5.74, 6) is -0.697. The monoisotopic (exact) mass is 235 g/mol. The zero-order valence-electron chi connectivity index (χ0n) is 10.6. The van der Waals surface area contributed by atoms with Gasteiger partial charge in [0, 0.05) is 25.7 Å². The number of rotatable bonds is 7. The molecule has 1 N–H and O–H groups in total. The number of hydrogen-bond acceptors (Lipinski definition) is 2. The maximum atomic E-state index is 10.4. The molecule has 0 bridgehead atoms. The predicted molar refractivity (Wildman–Crippen MR) is 70.6 cm³/mol. The molecular weight excluding hydrogens is 214 g/mol. The molecule has 1 rings (SSSR count). The smallest absolute Gasteiger partial charge is 0.303 e. The van der Waals surface area contributed by atoms with Crippen LogP contribution in [0.25, 0.3) is 0 Å². The third-order valence-corrected chi connectivity index (χ3v) is 2.91. The molecule has 1 aromatic carbocycles. The molecule has 0 aliphatic carbocycles. The van der Waals surface area contributed by atoms with Gasteiger partial charge in [0.1, 0.15) is 0 Å². The van der Waals surface area contributed by atoms with Crippen molar-refractivity contribution < 1.29 is 9.90 Å². The highest BCUT2D eigenvalue weighted by Crippen LogP contribution is 2.18. The molecule has 3 heteroatoms. The summed E-state index contributed by atoms with van der Waals surface area (Å²) in [6.45, 7) is 3.08. The van der Waals surface area contributed by atoms with E-state index in [1.54, 1.807) is 0 Å². The molecule has 0 aliphatic heterocycles. The Morgan fingerprint density at radius 3 is 2.59 bits per heavy atom. The molecule has 3 nitrogen and oxygen atoms in total. The van der Waals surface area contributed by atoms with Gasteiger partial charge in [0.2, 0.25) is 0 Å². The van der Waals surface area contributed by atoms with Crippen LogP contribution in [0.2, 0.25) is 0 Å². The molecule has 0 aromatic heterocycles. The van der Waals surface area contributed by atoms with E-state index in [2.05, 4.69) is 31.0 Å². The summed E-state index contributed by atoms with van der Waals surface area (Å²) < 4.78 is 0. The van der Waals surface area contributed by atoms with Gasteiger partial charge in [0.15, 0.2) is 0 Å². The third-order valence-electron chi connectivity index (χ3n) is 2.91. The first-order valence-corrected chi connectivity index (χ1v) is 6.10. The second-order valence-electron chi connectivity index (χ2n) is 4.41. The molecule has 0 radical (unpaired) electrons. The topological polar surface area (TPSA) is 40.5 Å². The fraction of sp³-hybridized carbons (Fsp3) is 0.500. The Hall–Kier alpha value is -1.51. The Labute approximate surface area is 103 Å². The van der Waals surface area contributed by atoms with Crippen LogP contribution in [-0.4, -0.2) is 24.7 Å². The first kappa shape index (κ1) is 13.6. The number of aliphatic carboxylic acids is 1. The van der Waals surface area contributed by atoms with Gasteiger partial charge in [-0.3, -0.25) is 4.79 Å². The number of aryl methyl sites for hydroxylation is 1. The fourth-order valence-electron chi connectivity index (χ4n) is 1.91. The molecule has 0 amide bonds. The standard InChI is InChI=1S/C14H21NO2/c1-12-8-5-6-9-13(12)15(2)11-7-3-4-10-14(16)17/h5-6,8-9H,3-4,7,10-11H2,1-2H3,(H,16,17). The second-order valence-corrected chi connectivity index (χ2v) is 4.41. The maximum Gasteiger partial charge on any atom is 0.303 e. The molecule has 0 aliphatic rings. The van der Waals surface area contributed by atoms with E-state index in [9.17, 15) is 4.79 Å². The lowest BCUT2D eigenvalue weighted by Crippen LogP contribution is -2.19. The van der Waals surface area contributed by atoms with E-state index in [4.69, 9.17) is 5.11 Å². The average Bonchev–Trinajstić information content (AvgIpc) is 2.28. The van der Waals surface area contributed by atoms with Crippen LogP contribution >= 0.6 is 0 Å². The summed E-state index contributed by atoms with van der Waals surface area (Å²) in [6.07, 6.45) is 3.08. The van der Waals surface area contributed by atoms with Gasteiger partial charge < -0.3 is 10.0 Å². The van der Waals surface area contributed by atoms with Crippen molar-refractivity contribution in [3.8, 4) is 0 Å². The molecular formula is C14H21NO2. The van der Waals surface area contributed by atoms with E-state index in [0.717, 1.165) is 25.8 Å². The molecule has 0 fully saturated rings. The minimum atomic E-state index is -0.697. The molecule has 0 unspecified atom stereocenters. The summed E-state index contributed by atoms with van der Waals surface area (Å²) in [5, 5.41) is 8.53. The number of nitrogens with zero attached hydrogens (tertiary/aromatic N) is 1. The number of anilines is 1. The predicted octanol–water partition coefficient (Wildman–Crippen LogP) is 3.08. The molecule has 0 saturated carbocycles. The minimum absolute atomic E-state index is 0.286. The number of carbonyl (C=O) groups is 1. The van der Waals surface area contributed by atoms with E-state index in [0.29, 0.717) is 0 Å². The van der Waals surface area contributed by atoms with E-state index in [-0.39, 0.29) is 6.42 Å². The summed E-state index contributed by atoms with van der Waals surface area (Å²) in [7, 11) is 2.08. The summed E-state index contributed by atoms with van der Waals surface area (Å²) >= 11 is 0. The largest absolute Gasteiger partial charge is 0.481 e. The average molecular weight is 235 g/mol. The quantitative estimate of drug-likeness (QED) is 0.738. The Morgan fingerprint density at radius 2 is 1.94 bits per heavy atom. The minimum Gasteiger partial charge on any atom is -0.481 e. The van der Waals surface area contributed by atoms with Crippen molar-refractivity contribution in [3.05, 3.63) is 29.8 Å². The van der Waals surface area contributed by atoms with Crippen LogP contribution in [0.15, 0.2) is 24.3 Å². The van der Waals surface area contributed by atoms with E-state index in [1.807, 2.05) is 12.1 Å². The number of carboxylic acid groups (broad SMARTS) is 1. The van der Waals surface area contributed by atoms with Gasteiger partial charge in [-0.2, -0.15) is 0 Å². The molecule has 94 valence electrons. The molecule has 0 saturated heterocycles. The van der Waals surface area contributed by atoms with Crippen LogP contribution in [0.1, 0.15) is 31.2 Å². The summed E-state index contributed by atoms with van der Waals surface area (Å²) in [4.78, 5) is 12.6. The van der Waals surface area contributed by atoms with Gasteiger partial charge in [-0.25, -0.2) is 0 Å². The van der Waals surface area contributed by atoms with Crippen molar-refractivity contribution in [1.82, 2.24) is 0 Å². The van der Waals surface area contributed by atoms with Gasteiger partial charge in [-0.05, 0) is 31.4 Å². The Morgan fingerprint density at radius 1 is 1.24 bits per heavy atom. The highest BCUT2D eigenvalue weighted by Gasteiger charge is 2.03. The van der Waals surface area contributed by atoms with Crippen LogP contribution in [0.4, 0.5) is 5.69 Å².